The van der Waals surface area contributed by atoms with Crippen molar-refractivity contribution in [2.24, 2.45) is 0 Å². The topological polar surface area (TPSA) is 85.6 Å². The van der Waals surface area contributed by atoms with Gasteiger partial charge in [0.2, 0.25) is 0 Å². The lowest BCUT2D eigenvalue weighted by molar-refractivity contribution is 0.0953. The van der Waals surface area contributed by atoms with Gasteiger partial charge in [0, 0.05) is 17.1 Å². The predicted molar refractivity (Wildman–Crippen MR) is 110 cm³/mol. The van der Waals surface area contributed by atoms with Crippen molar-refractivity contribution >= 4 is 27.3 Å². The molecule has 29 heavy (non-hydrogen) atoms. The maximum Gasteiger partial charge on any atom is 0.251 e. The first-order valence-corrected chi connectivity index (χ1v) is 10.9. The van der Waals surface area contributed by atoms with Crippen molar-refractivity contribution in [1.29, 1.82) is 0 Å². The van der Waals surface area contributed by atoms with E-state index in [9.17, 15) is 13.2 Å². The summed E-state index contributed by atoms with van der Waals surface area (Å²) in [5.41, 5.74) is 0.399. The lowest BCUT2D eigenvalue weighted by atomic mass is 10.2. The van der Waals surface area contributed by atoms with Crippen molar-refractivity contribution in [3.05, 3.63) is 83.3 Å². The molecule has 0 fully saturated rings. The second-order valence-corrected chi connectivity index (χ2v) is 8.74. The van der Waals surface area contributed by atoms with Crippen LogP contribution in [0.2, 0.25) is 5.02 Å². The Morgan fingerprint density at radius 3 is 2.38 bits per heavy atom. The van der Waals surface area contributed by atoms with Crippen molar-refractivity contribution in [2.45, 2.75) is 17.1 Å². The number of ether oxygens (including phenoxy) is 1. The Balaban J connectivity index is 1.80. The molecule has 1 N–H and O–H groups in total. The van der Waals surface area contributed by atoms with E-state index in [2.05, 4.69) is 5.32 Å². The van der Waals surface area contributed by atoms with E-state index in [1.807, 2.05) is 6.92 Å². The molecule has 1 heterocycles. The fraction of sp³-hybridized carbons (Fsp3) is 0.190. The summed E-state index contributed by atoms with van der Waals surface area (Å²) in [7, 11) is -3.82. The second-order valence-electron chi connectivity index (χ2n) is 6.17. The number of furan rings is 1. The Hall–Kier alpha value is -2.77. The van der Waals surface area contributed by atoms with Crippen molar-refractivity contribution < 1.29 is 22.4 Å². The average Bonchev–Trinajstić information content (AvgIpc) is 3.23. The summed E-state index contributed by atoms with van der Waals surface area (Å²) < 4.78 is 37.0. The smallest absolute Gasteiger partial charge is 0.251 e. The Labute approximate surface area is 174 Å². The molecular weight excluding hydrogens is 414 g/mol. The third-order valence-corrected chi connectivity index (χ3v) is 6.58. The van der Waals surface area contributed by atoms with Crippen LogP contribution in [-0.4, -0.2) is 27.5 Å². The number of benzene rings is 2. The van der Waals surface area contributed by atoms with E-state index < -0.39 is 21.0 Å². The summed E-state index contributed by atoms with van der Waals surface area (Å²) in [5.74, 6) is 0.505. The van der Waals surface area contributed by atoms with Crippen LogP contribution in [0.4, 0.5) is 0 Å². The SMILES string of the molecule is CCOc1ccc(C(=O)NCC(c2ccco2)S(=O)(=O)c2ccc(Cl)cc2)cc1. The minimum absolute atomic E-state index is 0.0959. The maximum atomic E-state index is 13.1. The molecule has 1 unspecified atom stereocenters. The number of amides is 1. The molecule has 0 saturated heterocycles. The van der Waals surface area contributed by atoms with Gasteiger partial charge in [-0.25, -0.2) is 8.42 Å². The average molecular weight is 434 g/mol. The van der Waals surface area contributed by atoms with Gasteiger partial charge in [0.1, 0.15) is 16.8 Å². The van der Waals surface area contributed by atoms with Gasteiger partial charge in [0.05, 0.1) is 17.8 Å². The summed E-state index contributed by atoms with van der Waals surface area (Å²) in [4.78, 5) is 12.6. The van der Waals surface area contributed by atoms with Crippen LogP contribution in [0.25, 0.3) is 0 Å². The zero-order valence-electron chi connectivity index (χ0n) is 15.7. The van der Waals surface area contributed by atoms with E-state index >= 15 is 0 Å². The van der Waals surface area contributed by atoms with Crippen LogP contribution in [0.1, 0.15) is 28.3 Å². The molecule has 0 aliphatic heterocycles. The first-order valence-electron chi connectivity index (χ1n) is 8.95. The molecule has 152 valence electrons. The normalized spacial score (nSPS) is 12.3. The van der Waals surface area contributed by atoms with Gasteiger partial charge in [-0.3, -0.25) is 4.79 Å². The van der Waals surface area contributed by atoms with E-state index in [4.69, 9.17) is 20.8 Å². The maximum absolute atomic E-state index is 13.1. The highest BCUT2D eigenvalue weighted by molar-refractivity contribution is 7.91. The molecule has 1 amide bonds. The molecule has 0 aliphatic carbocycles. The van der Waals surface area contributed by atoms with Gasteiger partial charge in [-0.15, -0.1) is 0 Å². The molecule has 0 saturated carbocycles. The van der Waals surface area contributed by atoms with Crippen LogP contribution in [0.3, 0.4) is 0 Å². The molecule has 0 spiro atoms. The number of hydrogen-bond donors (Lipinski definition) is 1. The minimum Gasteiger partial charge on any atom is -0.494 e. The van der Waals surface area contributed by atoms with Crippen molar-refractivity contribution in [2.75, 3.05) is 13.2 Å². The third kappa shape index (κ3) is 4.99. The van der Waals surface area contributed by atoms with Gasteiger partial charge in [-0.05, 0) is 67.6 Å². The molecular formula is C21H20ClNO5S. The Bertz CT molecular complexity index is 1050. The number of nitrogens with one attached hydrogen (secondary N) is 1. The molecule has 1 atom stereocenters. The molecule has 3 aromatic rings. The Morgan fingerprint density at radius 1 is 1.10 bits per heavy atom. The molecule has 1 aromatic heterocycles. The van der Waals surface area contributed by atoms with E-state index in [1.54, 1.807) is 36.4 Å². The molecule has 0 bridgehead atoms. The zero-order chi connectivity index (χ0) is 20.9. The monoisotopic (exact) mass is 433 g/mol. The number of carbonyl (C=O) groups is 1. The number of sulfone groups is 1. The fourth-order valence-electron chi connectivity index (χ4n) is 2.78. The Morgan fingerprint density at radius 2 is 1.79 bits per heavy atom. The van der Waals surface area contributed by atoms with Gasteiger partial charge in [-0.1, -0.05) is 11.6 Å². The van der Waals surface area contributed by atoms with Crippen LogP contribution in [-0.2, 0) is 9.84 Å². The van der Waals surface area contributed by atoms with Crippen molar-refractivity contribution in [3.8, 4) is 5.75 Å². The van der Waals surface area contributed by atoms with Crippen LogP contribution >= 0.6 is 11.6 Å². The first kappa shape index (κ1) is 21.0. The lowest BCUT2D eigenvalue weighted by Crippen LogP contribution is -2.31. The van der Waals surface area contributed by atoms with E-state index in [1.165, 1.54) is 30.5 Å². The van der Waals surface area contributed by atoms with Crippen LogP contribution in [0, 0.1) is 0 Å². The number of rotatable bonds is 8. The summed E-state index contributed by atoms with van der Waals surface area (Å²) in [5, 5.41) is 2.04. The summed E-state index contributed by atoms with van der Waals surface area (Å²) in [6, 6.07) is 15.7. The zero-order valence-corrected chi connectivity index (χ0v) is 17.2. The van der Waals surface area contributed by atoms with Gasteiger partial charge in [0.15, 0.2) is 9.84 Å². The Kier molecular flexibility index (Phi) is 6.61. The molecule has 6 nitrogen and oxygen atoms in total. The number of carbonyl (C=O) groups excluding carboxylic acids is 1. The van der Waals surface area contributed by atoms with Gasteiger partial charge >= 0.3 is 0 Å². The first-order chi connectivity index (χ1) is 13.9. The largest absolute Gasteiger partial charge is 0.494 e. The predicted octanol–water partition coefficient (Wildman–Crippen LogP) is 4.28. The van der Waals surface area contributed by atoms with Crippen LogP contribution in [0.5, 0.6) is 5.75 Å². The summed E-state index contributed by atoms with van der Waals surface area (Å²) >= 11 is 5.86. The van der Waals surface area contributed by atoms with Gasteiger partial charge in [-0.2, -0.15) is 0 Å². The van der Waals surface area contributed by atoms with E-state index in [0.29, 0.717) is 22.9 Å². The highest BCUT2D eigenvalue weighted by atomic mass is 35.5. The molecule has 0 radical (unpaired) electrons. The fourth-order valence-corrected chi connectivity index (χ4v) is 4.50. The molecule has 0 aliphatic rings. The minimum atomic E-state index is -3.82. The van der Waals surface area contributed by atoms with E-state index in [0.717, 1.165) is 0 Å². The summed E-state index contributed by atoms with van der Waals surface area (Å²) in [6.45, 7) is 2.25. The van der Waals surface area contributed by atoms with Gasteiger partial charge < -0.3 is 14.5 Å². The highest BCUT2D eigenvalue weighted by Crippen LogP contribution is 2.29. The van der Waals surface area contributed by atoms with Crippen molar-refractivity contribution in [3.63, 3.8) is 0 Å². The van der Waals surface area contributed by atoms with Crippen LogP contribution < -0.4 is 10.1 Å². The highest BCUT2D eigenvalue weighted by Gasteiger charge is 2.32. The quantitative estimate of drug-likeness (QED) is 0.573. The van der Waals surface area contributed by atoms with Gasteiger partial charge in [0.25, 0.3) is 5.91 Å². The number of halogens is 1. The van der Waals surface area contributed by atoms with Crippen LogP contribution in [0.15, 0.2) is 76.2 Å². The second kappa shape index (κ2) is 9.15. The molecule has 8 heteroatoms. The molecule has 2 aromatic carbocycles. The van der Waals surface area contributed by atoms with E-state index in [-0.39, 0.29) is 17.2 Å². The van der Waals surface area contributed by atoms with Crippen molar-refractivity contribution in [1.82, 2.24) is 5.32 Å². The lowest BCUT2D eigenvalue weighted by Gasteiger charge is -2.17. The molecule has 3 rings (SSSR count). The standard InChI is InChI=1S/C21H20ClNO5S/c1-2-27-17-9-5-15(6-10-17)21(24)23-14-20(19-4-3-13-28-19)29(25,26)18-11-7-16(22)8-12-18/h3-13,20H,2,14H2,1H3,(H,23,24). The third-order valence-electron chi connectivity index (χ3n) is 4.25. The number of hydrogen-bond acceptors (Lipinski definition) is 5. The summed E-state index contributed by atoms with van der Waals surface area (Å²) in [6.07, 6.45) is 1.40.